The second-order valence-electron chi connectivity index (χ2n) is 4.05. The Labute approximate surface area is 118 Å². The first kappa shape index (κ1) is 14.2. The summed E-state index contributed by atoms with van der Waals surface area (Å²) < 4.78 is 26.3. The molecule has 0 saturated carbocycles. The summed E-state index contributed by atoms with van der Waals surface area (Å²) in [6.07, 6.45) is 0. The normalized spacial score (nSPS) is 10.3. The van der Waals surface area contributed by atoms with E-state index in [0.717, 1.165) is 24.3 Å². The fourth-order valence-electron chi connectivity index (χ4n) is 1.72. The molecule has 0 amide bonds. The number of nitro benzene ring substituents is 1. The van der Waals surface area contributed by atoms with E-state index in [1.54, 1.807) is 0 Å². The maximum atomic E-state index is 13.1. The zero-order valence-corrected chi connectivity index (χ0v) is 10.8. The number of nitrogens with zero attached hydrogens (tertiary/aromatic N) is 1. The third kappa shape index (κ3) is 3.42. The van der Waals surface area contributed by atoms with Gasteiger partial charge >= 0.3 is 0 Å². The molecule has 2 rings (SSSR count). The lowest BCUT2D eigenvalue weighted by Gasteiger charge is -2.08. The van der Waals surface area contributed by atoms with Crippen LogP contribution in [0, 0.1) is 21.7 Å². The lowest BCUT2D eigenvalue weighted by molar-refractivity contribution is -0.384. The molecule has 0 spiro atoms. The van der Waals surface area contributed by atoms with Crippen molar-refractivity contribution in [2.45, 2.75) is 6.54 Å². The zero-order chi connectivity index (χ0) is 14.7. The Bertz CT molecular complexity index is 645. The Hall–Kier alpha value is -2.21. The number of benzene rings is 2. The van der Waals surface area contributed by atoms with Gasteiger partial charge in [-0.05, 0) is 29.8 Å². The van der Waals surface area contributed by atoms with Crippen LogP contribution < -0.4 is 5.32 Å². The van der Waals surface area contributed by atoms with Crippen LogP contribution in [0.15, 0.2) is 36.4 Å². The fourth-order valence-corrected chi connectivity index (χ4v) is 1.96. The van der Waals surface area contributed by atoms with Gasteiger partial charge in [-0.1, -0.05) is 11.6 Å². The Morgan fingerprint density at radius 1 is 1.15 bits per heavy atom. The van der Waals surface area contributed by atoms with Crippen molar-refractivity contribution in [1.29, 1.82) is 0 Å². The standard InChI is InChI=1S/C13H9ClF2N2O2/c14-9-3-8(4-11(16)5-9)7-17-12-6-10(15)1-2-13(12)18(19)20/h1-6,17H,7H2. The quantitative estimate of drug-likeness (QED) is 0.682. The van der Waals surface area contributed by atoms with E-state index < -0.39 is 16.6 Å². The molecule has 2 aromatic rings. The predicted octanol–water partition coefficient (Wildman–Crippen LogP) is 4.14. The minimum Gasteiger partial charge on any atom is -0.375 e. The molecule has 0 unspecified atom stereocenters. The lowest BCUT2D eigenvalue weighted by atomic mass is 10.2. The Morgan fingerprint density at radius 2 is 1.90 bits per heavy atom. The molecule has 4 nitrogen and oxygen atoms in total. The number of anilines is 1. The first-order valence-electron chi connectivity index (χ1n) is 5.58. The van der Waals surface area contributed by atoms with Gasteiger partial charge in [0.05, 0.1) is 4.92 Å². The summed E-state index contributed by atoms with van der Waals surface area (Å²) >= 11 is 5.70. The van der Waals surface area contributed by atoms with Crippen LogP contribution in [0.3, 0.4) is 0 Å². The first-order valence-corrected chi connectivity index (χ1v) is 5.96. The van der Waals surface area contributed by atoms with Crippen molar-refractivity contribution in [3.8, 4) is 0 Å². The van der Waals surface area contributed by atoms with E-state index in [9.17, 15) is 18.9 Å². The minimum absolute atomic E-state index is 0.0235. The van der Waals surface area contributed by atoms with Crippen LogP contribution in [-0.2, 0) is 6.54 Å². The summed E-state index contributed by atoms with van der Waals surface area (Å²) in [5, 5.41) is 13.7. The molecule has 2 aromatic carbocycles. The summed E-state index contributed by atoms with van der Waals surface area (Å²) in [7, 11) is 0. The van der Waals surface area contributed by atoms with Gasteiger partial charge in [0, 0.05) is 23.7 Å². The highest BCUT2D eigenvalue weighted by Gasteiger charge is 2.14. The van der Waals surface area contributed by atoms with Gasteiger partial charge in [0.25, 0.3) is 5.69 Å². The molecule has 20 heavy (non-hydrogen) atoms. The van der Waals surface area contributed by atoms with Crippen molar-refractivity contribution >= 4 is 23.0 Å². The van der Waals surface area contributed by atoms with Crippen molar-refractivity contribution in [2.75, 3.05) is 5.32 Å². The van der Waals surface area contributed by atoms with E-state index in [0.29, 0.717) is 5.56 Å². The molecule has 7 heteroatoms. The second kappa shape index (κ2) is 5.83. The number of hydrogen-bond donors (Lipinski definition) is 1. The van der Waals surface area contributed by atoms with E-state index in [1.165, 1.54) is 12.1 Å². The summed E-state index contributed by atoms with van der Waals surface area (Å²) in [5.41, 5.74) is 0.262. The number of hydrogen-bond acceptors (Lipinski definition) is 3. The van der Waals surface area contributed by atoms with Crippen molar-refractivity contribution in [2.24, 2.45) is 0 Å². The molecule has 0 aromatic heterocycles. The topological polar surface area (TPSA) is 55.2 Å². The predicted molar refractivity (Wildman–Crippen MR) is 71.8 cm³/mol. The summed E-state index contributed by atoms with van der Waals surface area (Å²) in [6, 6.07) is 6.99. The highest BCUT2D eigenvalue weighted by molar-refractivity contribution is 6.30. The molecule has 0 radical (unpaired) electrons. The SMILES string of the molecule is O=[N+]([O-])c1ccc(F)cc1NCc1cc(F)cc(Cl)c1. The van der Waals surface area contributed by atoms with Gasteiger partial charge in [-0.3, -0.25) is 10.1 Å². The molecule has 0 aliphatic carbocycles. The van der Waals surface area contributed by atoms with Crippen molar-refractivity contribution in [1.82, 2.24) is 0 Å². The molecule has 0 fully saturated rings. The van der Waals surface area contributed by atoms with E-state index >= 15 is 0 Å². The van der Waals surface area contributed by atoms with Crippen LogP contribution in [0.2, 0.25) is 5.02 Å². The summed E-state index contributed by atoms with van der Waals surface area (Å²) in [4.78, 5) is 10.2. The number of rotatable bonds is 4. The van der Waals surface area contributed by atoms with Crippen LogP contribution in [0.1, 0.15) is 5.56 Å². The van der Waals surface area contributed by atoms with Crippen LogP contribution in [0.5, 0.6) is 0 Å². The third-order valence-corrected chi connectivity index (χ3v) is 2.78. The third-order valence-electron chi connectivity index (χ3n) is 2.56. The van der Waals surface area contributed by atoms with Gasteiger partial charge in [0.2, 0.25) is 0 Å². The van der Waals surface area contributed by atoms with Crippen LogP contribution in [0.4, 0.5) is 20.2 Å². The monoisotopic (exact) mass is 298 g/mol. The first-order chi connectivity index (χ1) is 9.45. The number of nitrogens with one attached hydrogen (secondary N) is 1. The van der Waals surface area contributed by atoms with Gasteiger partial charge in [0.1, 0.15) is 17.3 Å². The maximum absolute atomic E-state index is 13.1. The van der Waals surface area contributed by atoms with Crippen LogP contribution >= 0.6 is 11.6 Å². The summed E-state index contributed by atoms with van der Waals surface area (Å²) in [6.45, 7) is 0.0851. The van der Waals surface area contributed by atoms with Crippen molar-refractivity contribution in [3.63, 3.8) is 0 Å². The Kier molecular flexibility index (Phi) is 4.14. The minimum atomic E-state index is -0.625. The van der Waals surface area contributed by atoms with Crippen LogP contribution in [-0.4, -0.2) is 4.92 Å². The molecule has 0 aliphatic heterocycles. The van der Waals surface area contributed by atoms with E-state index in [1.807, 2.05) is 0 Å². The van der Waals surface area contributed by atoms with Gasteiger partial charge in [0.15, 0.2) is 0 Å². The number of halogens is 3. The van der Waals surface area contributed by atoms with E-state index in [-0.39, 0.29) is 22.9 Å². The zero-order valence-electron chi connectivity index (χ0n) is 10.1. The molecule has 1 N–H and O–H groups in total. The average Bonchev–Trinajstić information content (AvgIpc) is 2.35. The highest BCUT2D eigenvalue weighted by Crippen LogP contribution is 2.25. The highest BCUT2D eigenvalue weighted by atomic mass is 35.5. The molecule has 0 heterocycles. The second-order valence-corrected chi connectivity index (χ2v) is 4.49. The number of nitro groups is 1. The summed E-state index contributed by atoms with van der Waals surface area (Å²) in [5.74, 6) is -1.11. The Balaban J connectivity index is 2.22. The van der Waals surface area contributed by atoms with Crippen LogP contribution in [0.25, 0.3) is 0 Å². The largest absolute Gasteiger partial charge is 0.375 e. The molecule has 0 bridgehead atoms. The lowest BCUT2D eigenvalue weighted by Crippen LogP contribution is -2.03. The average molecular weight is 299 g/mol. The molecular weight excluding hydrogens is 290 g/mol. The van der Waals surface area contributed by atoms with Gasteiger partial charge in [-0.25, -0.2) is 8.78 Å². The Morgan fingerprint density at radius 3 is 2.55 bits per heavy atom. The van der Waals surface area contributed by atoms with Crippen molar-refractivity contribution < 1.29 is 13.7 Å². The van der Waals surface area contributed by atoms with Gasteiger partial charge < -0.3 is 5.32 Å². The molecule has 104 valence electrons. The van der Waals surface area contributed by atoms with Gasteiger partial charge in [-0.15, -0.1) is 0 Å². The molecule has 0 saturated heterocycles. The molecule has 0 aliphatic rings. The smallest absolute Gasteiger partial charge is 0.292 e. The molecule has 0 atom stereocenters. The van der Waals surface area contributed by atoms with Crippen molar-refractivity contribution in [3.05, 3.63) is 68.7 Å². The fraction of sp³-hybridized carbons (Fsp3) is 0.0769. The maximum Gasteiger partial charge on any atom is 0.292 e. The van der Waals surface area contributed by atoms with Gasteiger partial charge in [-0.2, -0.15) is 0 Å². The van der Waals surface area contributed by atoms with E-state index in [2.05, 4.69) is 5.32 Å². The van der Waals surface area contributed by atoms with E-state index in [4.69, 9.17) is 11.6 Å². The molecular formula is C13H9ClF2N2O2.